The Balaban J connectivity index is 2.14. The number of aryl methyl sites for hydroxylation is 1. The highest BCUT2D eigenvalue weighted by Gasteiger charge is 1.95. The Morgan fingerprint density at radius 1 is 1.20 bits per heavy atom. The third-order valence-corrected chi connectivity index (χ3v) is 2.50. The molecule has 0 saturated heterocycles. The summed E-state index contributed by atoms with van der Waals surface area (Å²) >= 11 is 1.31. The van der Waals surface area contributed by atoms with Crippen molar-refractivity contribution in [3.63, 3.8) is 0 Å². The molecular weight excluding hydrogens is 210 g/mol. The third kappa shape index (κ3) is 2.60. The summed E-state index contributed by atoms with van der Waals surface area (Å²) in [5.41, 5.74) is 1.65. The predicted octanol–water partition coefficient (Wildman–Crippen LogP) is 3.57. The molecule has 0 radical (unpaired) electrons. The van der Waals surface area contributed by atoms with Gasteiger partial charge < -0.3 is 5.11 Å². The minimum atomic E-state index is 0.225. The van der Waals surface area contributed by atoms with Crippen LogP contribution in [0.5, 0.6) is 5.75 Å². The summed E-state index contributed by atoms with van der Waals surface area (Å²) < 4.78 is 4.09. The molecule has 0 amide bonds. The molecule has 4 nitrogen and oxygen atoms in total. The van der Waals surface area contributed by atoms with Crippen molar-refractivity contribution in [3.8, 4) is 5.75 Å². The topological polar surface area (TPSA) is 57.8 Å². The smallest absolute Gasteiger partial charge is 0.159 e. The van der Waals surface area contributed by atoms with Crippen LogP contribution in [-0.2, 0) is 0 Å². The molecule has 0 unspecified atom stereocenters. The fraction of sp³-hybridized carbons (Fsp3) is 0.100. The average molecular weight is 219 g/mol. The van der Waals surface area contributed by atoms with Crippen molar-refractivity contribution in [3.05, 3.63) is 36.0 Å². The van der Waals surface area contributed by atoms with Gasteiger partial charge in [0.05, 0.1) is 11.4 Å². The number of aromatic nitrogens is 1. The second-order valence-electron chi connectivity index (χ2n) is 3.02. The molecule has 0 bridgehead atoms. The van der Waals surface area contributed by atoms with Gasteiger partial charge in [0.1, 0.15) is 5.75 Å². The highest BCUT2D eigenvalue weighted by Crippen LogP contribution is 2.23. The van der Waals surface area contributed by atoms with Gasteiger partial charge in [0.25, 0.3) is 0 Å². The van der Waals surface area contributed by atoms with Gasteiger partial charge >= 0.3 is 0 Å². The molecule has 0 aliphatic rings. The van der Waals surface area contributed by atoms with Crippen molar-refractivity contribution in [2.45, 2.75) is 6.92 Å². The van der Waals surface area contributed by atoms with E-state index in [0.717, 1.165) is 10.7 Å². The molecule has 0 spiro atoms. The highest BCUT2D eigenvalue weighted by molar-refractivity contribution is 7.09. The summed E-state index contributed by atoms with van der Waals surface area (Å²) in [6.45, 7) is 1.91. The standard InChI is InChI=1S/C10H9N3OS/c1-7-6-10(15-13-7)12-11-8-2-4-9(14)5-3-8/h2-6,14H,1H3. The molecule has 0 atom stereocenters. The SMILES string of the molecule is Cc1cc(N=Nc2ccc(O)cc2)sn1. The minimum absolute atomic E-state index is 0.225. The van der Waals surface area contributed by atoms with Crippen LogP contribution in [0.1, 0.15) is 5.69 Å². The Kier molecular flexibility index (Phi) is 2.73. The van der Waals surface area contributed by atoms with Gasteiger partial charge in [-0.2, -0.15) is 4.37 Å². The second-order valence-corrected chi connectivity index (χ2v) is 3.81. The molecule has 0 aliphatic carbocycles. The number of benzene rings is 1. The summed E-state index contributed by atoms with van der Waals surface area (Å²) in [5.74, 6) is 0.225. The fourth-order valence-electron chi connectivity index (χ4n) is 1.02. The van der Waals surface area contributed by atoms with Gasteiger partial charge in [-0.1, -0.05) is 0 Å². The van der Waals surface area contributed by atoms with Gasteiger partial charge in [-0.05, 0) is 48.8 Å². The lowest BCUT2D eigenvalue weighted by atomic mass is 10.3. The second kappa shape index (κ2) is 4.18. The maximum atomic E-state index is 9.07. The van der Waals surface area contributed by atoms with E-state index in [1.165, 1.54) is 11.5 Å². The average Bonchev–Trinajstić information content (AvgIpc) is 2.64. The molecule has 76 valence electrons. The Bertz CT molecular complexity index is 476. The van der Waals surface area contributed by atoms with E-state index < -0.39 is 0 Å². The normalized spacial score (nSPS) is 11.0. The zero-order valence-corrected chi connectivity index (χ0v) is 8.90. The molecule has 0 fully saturated rings. The zero-order valence-electron chi connectivity index (χ0n) is 8.08. The molecule has 1 aromatic heterocycles. The molecule has 15 heavy (non-hydrogen) atoms. The number of phenolic OH excluding ortho intramolecular Hbond substituents is 1. The number of hydrogen-bond donors (Lipinski definition) is 1. The number of azo groups is 1. The van der Waals surface area contributed by atoms with E-state index in [9.17, 15) is 0 Å². The maximum absolute atomic E-state index is 9.07. The van der Waals surface area contributed by atoms with Crippen LogP contribution >= 0.6 is 11.5 Å². The molecule has 0 aliphatic heterocycles. The Morgan fingerprint density at radius 2 is 1.93 bits per heavy atom. The van der Waals surface area contributed by atoms with Crippen molar-refractivity contribution in [1.82, 2.24) is 4.37 Å². The first-order valence-corrected chi connectivity index (χ1v) is 5.15. The number of hydrogen-bond acceptors (Lipinski definition) is 5. The summed E-state index contributed by atoms with van der Waals surface area (Å²) in [4.78, 5) is 0. The maximum Gasteiger partial charge on any atom is 0.159 e. The first kappa shape index (κ1) is 9.79. The first-order chi connectivity index (χ1) is 7.24. The third-order valence-electron chi connectivity index (χ3n) is 1.73. The number of phenols is 1. The first-order valence-electron chi connectivity index (χ1n) is 4.38. The van der Waals surface area contributed by atoms with E-state index in [1.54, 1.807) is 24.3 Å². The molecule has 1 N–H and O–H groups in total. The number of nitrogens with zero attached hydrogens (tertiary/aromatic N) is 3. The quantitative estimate of drug-likeness (QED) is 0.785. The molecule has 2 rings (SSSR count). The van der Waals surface area contributed by atoms with E-state index in [4.69, 9.17) is 5.11 Å². The van der Waals surface area contributed by atoms with Gasteiger partial charge in [0, 0.05) is 0 Å². The Hall–Kier alpha value is -1.75. The number of rotatable bonds is 2. The van der Waals surface area contributed by atoms with Gasteiger partial charge in [0.15, 0.2) is 5.00 Å². The van der Waals surface area contributed by atoms with Crippen molar-refractivity contribution in [2.24, 2.45) is 10.2 Å². The van der Waals surface area contributed by atoms with E-state index in [-0.39, 0.29) is 5.75 Å². The molecule has 2 aromatic rings. The van der Waals surface area contributed by atoms with Crippen LogP contribution in [0, 0.1) is 6.92 Å². The zero-order chi connectivity index (χ0) is 10.7. The summed E-state index contributed by atoms with van der Waals surface area (Å²) in [7, 11) is 0. The van der Waals surface area contributed by atoms with Crippen LogP contribution in [0.25, 0.3) is 0 Å². The fourth-order valence-corrected chi connectivity index (χ4v) is 1.61. The molecular formula is C10H9N3OS. The lowest BCUT2D eigenvalue weighted by Gasteiger charge is -1.91. The van der Waals surface area contributed by atoms with Gasteiger partial charge in [-0.15, -0.1) is 10.2 Å². The van der Waals surface area contributed by atoms with Crippen LogP contribution in [0.4, 0.5) is 10.7 Å². The number of aromatic hydroxyl groups is 1. The van der Waals surface area contributed by atoms with E-state index in [2.05, 4.69) is 14.6 Å². The minimum Gasteiger partial charge on any atom is -0.508 e. The van der Waals surface area contributed by atoms with Crippen molar-refractivity contribution in [1.29, 1.82) is 0 Å². The van der Waals surface area contributed by atoms with Gasteiger partial charge in [0.2, 0.25) is 0 Å². The summed E-state index contributed by atoms with van der Waals surface area (Å²) in [5, 5.41) is 17.9. The molecule has 5 heteroatoms. The predicted molar refractivity (Wildman–Crippen MR) is 59.1 cm³/mol. The highest BCUT2D eigenvalue weighted by atomic mass is 32.1. The van der Waals surface area contributed by atoms with Crippen molar-refractivity contribution >= 4 is 22.2 Å². The van der Waals surface area contributed by atoms with Crippen LogP contribution in [0.2, 0.25) is 0 Å². The van der Waals surface area contributed by atoms with Crippen LogP contribution in [0.15, 0.2) is 40.6 Å². The van der Waals surface area contributed by atoms with Gasteiger partial charge in [-0.3, -0.25) is 0 Å². The van der Waals surface area contributed by atoms with Crippen LogP contribution in [-0.4, -0.2) is 9.48 Å². The molecule has 1 heterocycles. The van der Waals surface area contributed by atoms with Crippen LogP contribution in [0.3, 0.4) is 0 Å². The van der Waals surface area contributed by atoms with E-state index >= 15 is 0 Å². The summed E-state index contributed by atoms with van der Waals surface area (Å²) in [6.07, 6.45) is 0. The largest absolute Gasteiger partial charge is 0.508 e. The van der Waals surface area contributed by atoms with Crippen molar-refractivity contribution < 1.29 is 5.11 Å². The Labute approximate surface area is 91.1 Å². The molecule has 1 aromatic carbocycles. The lowest BCUT2D eigenvalue weighted by Crippen LogP contribution is -1.63. The Morgan fingerprint density at radius 3 is 2.53 bits per heavy atom. The van der Waals surface area contributed by atoms with Crippen LogP contribution < -0.4 is 0 Å². The molecule has 0 saturated carbocycles. The van der Waals surface area contributed by atoms with E-state index in [1.807, 2.05) is 13.0 Å². The monoisotopic (exact) mass is 219 g/mol. The lowest BCUT2D eigenvalue weighted by molar-refractivity contribution is 0.475. The summed E-state index contributed by atoms with van der Waals surface area (Å²) in [6, 6.07) is 8.42. The van der Waals surface area contributed by atoms with Gasteiger partial charge in [-0.25, -0.2) is 0 Å². The van der Waals surface area contributed by atoms with E-state index in [0.29, 0.717) is 5.69 Å². The van der Waals surface area contributed by atoms with Crippen molar-refractivity contribution in [2.75, 3.05) is 0 Å².